The van der Waals surface area contributed by atoms with Crippen molar-refractivity contribution in [1.82, 2.24) is 0 Å². The molecule has 0 radical (unpaired) electrons. The van der Waals surface area contributed by atoms with Crippen LogP contribution in [0.3, 0.4) is 0 Å². The van der Waals surface area contributed by atoms with E-state index in [2.05, 4.69) is 68.6 Å². The van der Waals surface area contributed by atoms with Gasteiger partial charge in [0.25, 0.3) is 0 Å². The topological polar surface area (TPSA) is 61.8 Å². The molecule has 0 heterocycles. The molecule has 0 N–H and O–H groups in total. The van der Waals surface area contributed by atoms with Gasteiger partial charge in [-0.3, -0.25) is 0 Å². The zero-order valence-corrected chi connectivity index (χ0v) is 24.8. The van der Waals surface area contributed by atoms with Crippen LogP contribution in [-0.4, -0.2) is 38.9 Å². The Bertz CT molecular complexity index is 947. The number of carbonyl (C=O) groups excluding carboxylic acids is 2. The summed E-state index contributed by atoms with van der Waals surface area (Å²) >= 11 is 0. The van der Waals surface area contributed by atoms with Gasteiger partial charge in [0.05, 0.1) is 13.2 Å². The zero-order chi connectivity index (χ0) is 29.3. The minimum absolute atomic E-state index is 0.324. The minimum atomic E-state index is -0.325. The highest BCUT2D eigenvalue weighted by Gasteiger charge is 2.00. The predicted molar refractivity (Wildman–Crippen MR) is 165 cm³/mol. The molecule has 0 amide bonds. The van der Waals surface area contributed by atoms with Gasteiger partial charge in [0.2, 0.25) is 0 Å². The number of hydrogen-bond donors (Lipinski definition) is 0. The molecule has 2 rings (SSSR count). The second-order valence-electron chi connectivity index (χ2n) is 9.94. The first-order chi connectivity index (χ1) is 19.5. The van der Waals surface area contributed by atoms with Crippen molar-refractivity contribution in [3.63, 3.8) is 0 Å². The highest BCUT2D eigenvalue weighted by Crippen LogP contribution is 2.21. The molecule has 2 aromatic carbocycles. The third-order valence-electron chi connectivity index (χ3n) is 6.51. The zero-order valence-electron chi connectivity index (χ0n) is 24.8. The van der Waals surface area contributed by atoms with Crippen molar-refractivity contribution in [3.05, 3.63) is 85.0 Å². The molecule has 0 saturated carbocycles. The summed E-state index contributed by atoms with van der Waals surface area (Å²) in [6.45, 7) is 10.7. The third kappa shape index (κ3) is 18.2. The van der Waals surface area contributed by atoms with Crippen LogP contribution < -0.4 is 0 Å². The Morgan fingerprint density at radius 1 is 0.600 bits per heavy atom. The molecule has 0 atom stereocenters. The molecular formula is C35H50O5. The first-order valence-electron chi connectivity index (χ1n) is 14.7. The lowest BCUT2D eigenvalue weighted by atomic mass is 10.0. The molecule has 5 nitrogen and oxygen atoms in total. The summed E-state index contributed by atoms with van der Waals surface area (Å²) in [5.74, 6) is -0.649. The Hall–Kier alpha value is -3.18. The molecule has 0 unspecified atom stereocenters. The Morgan fingerprint density at radius 3 is 1.45 bits per heavy atom. The normalized spacial score (nSPS) is 10.2. The van der Waals surface area contributed by atoms with Gasteiger partial charge < -0.3 is 14.2 Å². The third-order valence-corrected chi connectivity index (χ3v) is 6.51. The van der Waals surface area contributed by atoms with Crippen molar-refractivity contribution in [2.75, 3.05) is 26.9 Å². The van der Waals surface area contributed by atoms with Crippen LogP contribution in [0.1, 0.15) is 81.8 Å². The lowest BCUT2D eigenvalue weighted by molar-refractivity contribution is -0.138. The number of esters is 2. The lowest BCUT2D eigenvalue weighted by Gasteiger charge is -2.06. The van der Waals surface area contributed by atoms with Crippen molar-refractivity contribution in [2.24, 2.45) is 0 Å². The minimum Gasteiger partial charge on any atom is -0.463 e. The maximum absolute atomic E-state index is 10.9. The van der Waals surface area contributed by atoms with Crippen molar-refractivity contribution in [1.29, 1.82) is 0 Å². The highest BCUT2D eigenvalue weighted by molar-refractivity contribution is 5.81. The number of hydrogen-bond acceptors (Lipinski definition) is 5. The maximum Gasteiger partial charge on any atom is 0.330 e. The largest absolute Gasteiger partial charge is 0.463 e. The van der Waals surface area contributed by atoms with E-state index in [9.17, 15) is 9.59 Å². The average Bonchev–Trinajstić information content (AvgIpc) is 2.98. The van der Waals surface area contributed by atoms with Crippen molar-refractivity contribution in [3.8, 4) is 11.1 Å². The summed E-state index contributed by atoms with van der Waals surface area (Å²) in [5.41, 5.74) is 5.24. The predicted octanol–water partition coefficient (Wildman–Crippen LogP) is 8.59. The van der Waals surface area contributed by atoms with Crippen LogP contribution >= 0.6 is 0 Å². The van der Waals surface area contributed by atoms with E-state index in [0.717, 1.165) is 45.1 Å². The van der Waals surface area contributed by atoms with Gasteiger partial charge in [0, 0.05) is 25.9 Å². The van der Waals surface area contributed by atoms with Gasteiger partial charge in [0.1, 0.15) is 0 Å². The van der Waals surface area contributed by atoms with E-state index < -0.39 is 0 Å². The maximum atomic E-state index is 10.9. The van der Waals surface area contributed by atoms with E-state index in [0.29, 0.717) is 13.2 Å². The average molecular weight is 551 g/mol. The van der Waals surface area contributed by atoms with Gasteiger partial charge in [-0.25, -0.2) is 9.59 Å². The second kappa shape index (κ2) is 23.7. The first-order valence-corrected chi connectivity index (χ1v) is 14.7. The van der Waals surface area contributed by atoms with Crippen LogP contribution in [0.4, 0.5) is 0 Å². The molecule has 0 bridgehead atoms. The summed E-state index contributed by atoms with van der Waals surface area (Å²) in [6.07, 6.45) is 16.1. The Kier molecular flexibility index (Phi) is 20.6. The Balaban J connectivity index is 0.000000459. The van der Waals surface area contributed by atoms with E-state index in [1.165, 1.54) is 72.9 Å². The Labute approximate surface area is 242 Å². The summed E-state index contributed by atoms with van der Waals surface area (Å²) in [6, 6.07) is 17.6. The Morgan fingerprint density at radius 2 is 1.00 bits per heavy atom. The van der Waals surface area contributed by atoms with Crippen LogP contribution in [0.5, 0.6) is 0 Å². The highest BCUT2D eigenvalue weighted by atomic mass is 16.5. The fourth-order valence-electron chi connectivity index (χ4n) is 4.09. The monoisotopic (exact) mass is 550 g/mol. The molecule has 40 heavy (non-hydrogen) atoms. The standard InChI is InChI=1S/C23H28O2.C12H22O3/c1-3-23(24)25-18-8-6-4-5-7-9-20-12-16-22(17-13-20)21-14-10-19(2)11-15-21;1-3-12(13)15-11-9-7-5-4-6-8-10-14-2/h3,10-17H,1,4-9,18H2,2H3;3H,1,4-11H2,2H3. The van der Waals surface area contributed by atoms with Crippen molar-refractivity contribution < 1.29 is 23.8 Å². The van der Waals surface area contributed by atoms with Crippen molar-refractivity contribution in [2.45, 2.75) is 84.0 Å². The van der Waals surface area contributed by atoms with E-state index in [-0.39, 0.29) is 11.9 Å². The molecule has 0 aliphatic carbocycles. The van der Waals surface area contributed by atoms with Crippen LogP contribution in [0.2, 0.25) is 0 Å². The number of aryl methyl sites for hydroxylation is 2. The van der Waals surface area contributed by atoms with Gasteiger partial charge >= 0.3 is 11.9 Å². The number of rotatable bonds is 20. The number of unbranched alkanes of at least 4 members (excludes halogenated alkanes) is 9. The molecule has 220 valence electrons. The number of methoxy groups -OCH3 is 1. The smallest absolute Gasteiger partial charge is 0.330 e. The summed E-state index contributed by atoms with van der Waals surface area (Å²) in [5, 5.41) is 0. The lowest BCUT2D eigenvalue weighted by Crippen LogP contribution is -2.01. The summed E-state index contributed by atoms with van der Waals surface area (Å²) in [7, 11) is 1.73. The van der Waals surface area contributed by atoms with Gasteiger partial charge in [-0.15, -0.1) is 0 Å². The van der Waals surface area contributed by atoms with Crippen LogP contribution in [-0.2, 0) is 30.2 Å². The fourth-order valence-corrected chi connectivity index (χ4v) is 4.09. The first kappa shape index (κ1) is 34.8. The van der Waals surface area contributed by atoms with Crippen LogP contribution in [0.15, 0.2) is 73.8 Å². The molecule has 2 aromatic rings. The second-order valence-corrected chi connectivity index (χ2v) is 9.94. The summed E-state index contributed by atoms with van der Waals surface area (Å²) < 4.78 is 14.8. The quantitative estimate of drug-likeness (QED) is 0.0938. The van der Waals surface area contributed by atoms with E-state index in [1.807, 2.05) is 0 Å². The van der Waals surface area contributed by atoms with Crippen LogP contribution in [0.25, 0.3) is 11.1 Å². The molecule has 0 aromatic heterocycles. The summed E-state index contributed by atoms with van der Waals surface area (Å²) in [4.78, 5) is 21.6. The molecule has 0 aliphatic rings. The van der Waals surface area contributed by atoms with Gasteiger partial charge in [-0.05, 0) is 55.7 Å². The molecule has 0 saturated heterocycles. The van der Waals surface area contributed by atoms with Gasteiger partial charge in [-0.2, -0.15) is 0 Å². The number of carbonyl (C=O) groups is 2. The molecule has 0 spiro atoms. The van der Waals surface area contributed by atoms with Crippen LogP contribution in [0, 0.1) is 6.92 Å². The van der Waals surface area contributed by atoms with E-state index in [4.69, 9.17) is 14.2 Å². The fraction of sp³-hybridized carbons (Fsp3) is 0.486. The molecule has 0 aliphatic heterocycles. The number of ether oxygens (including phenoxy) is 3. The van der Waals surface area contributed by atoms with Crippen molar-refractivity contribution >= 4 is 11.9 Å². The molecule has 0 fully saturated rings. The van der Waals surface area contributed by atoms with Gasteiger partial charge in [-0.1, -0.05) is 112 Å². The molecule has 5 heteroatoms. The van der Waals surface area contributed by atoms with E-state index in [1.54, 1.807) is 7.11 Å². The van der Waals surface area contributed by atoms with E-state index >= 15 is 0 Å². The molecular weight excluding hydrogens is 500 g/mol. The van der Waals surface area contributed by atoms with Gasteiger partial charge in [0.15, 0.2) is 0 Å². The number of benzene rings is 2. The SMILES string of the molecule is C=CC(=O)OCCCCCCCCOC.C=CC(=O)OCCCCCCCc1ccc(-c2ccc(C)cc2)cc1.